The molecule has 40 heavy (non-hydrogen) atoms. The van der Waals surface area contributed by atoms with Gasteiger partial charge in [-0.25, -0.2) is 9.18 Å². The van der Waals surface area contributed by atoms with Gasteiger partial charge < -0.3 is 9.84 Å². The SMILES string of the molecule is C[C@@H](OC(=O)Nc1n[nH]c(-c2ccc(-c3cccc(C4(C(=O)O)CC4)c3F)cc2)c1C(F)(F)F)c1ccccc1. The first-order valence-electron chi connectivity index (χ1n) is 12.3. The van der Waals surface area contributed by atoms with Gasteiger partial charge in [-0.2, -0.15) is 18.3 Å². The van der Waals surface area contributed by atoms with E-state index >= 15 is 4.39 Å². The predicted octanol–water partition coefficient (Wildman–Crippen LogP) is 7.33. The highest BCUT2D eigenvalue weighted by atomic mass is 19.4. The third-order valence-electron chi connectivity index (χ3n) is 6.98. The zero-order chi connectivity index (χ0) is 28.7. The van der Waals surface area contributed by atoms with Crippen LogP contribution in [0.1, 0.15) is 42.6 Å². The second kappa shape index (κ2) is 10.1. The number of halogens is 4. The standard InChI is InChI=1S/C29H23F4N3O4/c1-16(17-6-3-2-4-7-17)40-27(39)34-25-22(29(31,32)33)24(35-36-25)19-12-10-18(11-13-19)20-8-5-9-21(23(20)30)28(14-15-28)26(37)38/h2-13,16H,14-15H2,1H3,(H,37,38)(H2,34,35,36,39)/t16-/m1/s1. The number of aromatic amines is 1. The van der Waals surface area contributed by atoms with Crippen molar-refractivity contribution < 1.29 is 37.0 Å². The van der Waals surface area contributed by atoms with E-state index in [2.05, 4.69) is 15.5 Å². The minimum atomic E-state index is -4.88. The van der Waals surface area contributed by atoms with Crippen molar-refractivity contribution in [3.8, 4) is 22.4 Å². The van der Waals surface area contributed by atoms with Crippen LogP contribution in [-0.4, -0.2) is 27.4 Å². The number of carboxylic acid groups (broad SMARTS) is 1. The fourth-order valence-corrected chi connectivity index (χ4v) is 4.66. The third kappa shape index (κ3) is 5.02. The van der Waals surface area contributed by atoms with Gasteiger partial charge in [0.25, 0.3) is 0 Å². The fourth-order valence-electron chi connectivity index (χ4n) is 4.66. The van der Waals surface area contributed by atoms with E-state index in [-0.39, 0.29) is 16.7 Å². The first kappa shape index (κ1) is 26.9. The topological polar surface area (TPSA) is 104 Å². The van der Waals surface area contributed by atoms with Crippen molar-refractivity contribution >= 4 is 17.9 Å². The van der Waals surface area contributed by atoms with Crippen molar-refractivity contribution in [2.45, 2.75) is 37.5 Å². The highest BCUT2D eigenvalue weighted by Gasteiger charge is 2.53. The summed E-state index contributed by atoms with van der Waals surface area (Å²) in [4.78, 5) is 24.1. The first-order valence-corrected chi connectivity index (χ1v) is 12.3. The van der Waals surface area contributed by atoms with E-state index in [0.29, 0.717) is 24.0 Å². The van der Waals surface area contributed by atoms with E-state index in [9.17, 15) is 27.9 Å². The van der Waals surface area contributed by atoms with Crippen LogP contribution in [0.5, 0.6) is 0 Å². The normalized spacial score (nSPS) is 14.8. The minimum absolute atomic E-state index is 0.0821. The van der Waals surface area contributed by atoms with Crippen molar-refractivity contribution in [2.24, 2.45) is 0 Å². The van der Waals surface area contributed by atoms with Crippen LogP contribution in [0.4, 0.5) is 28.2 Å². The number of benzene rings is 3. The molecule has 1 atom stereocenters. The average molecular weight is 554 g/mol. The van der Waals surface area contributed by atoms with Crippen LogP contribution in [0.3, 0.4) is 0 Å². The molecule has 1 aromatic heterocycles. The molecule has 1 amide bonds. The zero-order valence-corrected chi connectivity index (χ0v) is 21.1. The number of anilines is 1. The minimum Gasteiger partial charge on any atom is -0.481 e. The summed E-state index contributed by atoms with van der Waals surface area (Å²) < 4.78 is 62.8. The first-order chi connectivity index (χ1) is 19.0. The van der Waals surface area contributed by atoms with E-state index in [1.807, 2.05) is 0 Å². The van der Waals surface area contributed by atoms with Gasteiger partial charge in [-0.3, -0.25) is 15.2 Å². The van der Waals surface area contributed by atoms with Crippen LogP contribution in [0.2, 0.25) is 0 Å². The molecule has 206 valence electrons. The van der Waals surface area contributed by atoms with Gasteiger partial charge in [0.2, 0.25) is 0 Å². The summed E-state index contributed by atoms with van der Waals surface area (Å²) in [5, 5.41) is 17.6. The van der Waals surface area contributed by atoms with Gasteiger partial charge in [-0.15, -0.1) is 0 Å². The number of hydrogen-bond acceptors (Lipinski definition) is 4. The number of H-pyrrole nitrogens is 1. The van der Waals surface area contributed by atoms with E-state index in [0.717, 1.165) is 0 Å². The van der Waals surface area contributed by atoms with Crippen molar-refractivity contribution in [1.82, 2.24) is 10.2 Å². The molecule has 1 saturated carbocycles. The average Bonchev–Trinajstić information content (AvgIpc) is 3.62. The van der Waals surface area contributed by atoms with Gasteiger partial charge in [0.15, 0.2) is 5.82 Å². The Morgan fingerprint density at radius 3 is 2.25 bits per heavy atom. The molecule has 1 fully saturated rings. The number of carboxylic acids is 1. The van der Waals surface area contributed by atoms with Gasteiger partial charge in [-0.1, -0.05) is 72.8 Å². The molecule has 0 bridgehead atoms. The Balaban J connectivity index is 1.40. The van der Waals surface area contributed by atoms with Crippen LogP contribution in [0, 0.1) is 5.82 Å². The Labute approximate surface area is 225 Å². The van der Waals surface area contributed by atoms with Gasteiger partial charge >= 0.3 is 18.2 Å². The maximum atomic E-state index is 15.3. The van der Waals surface area contributed by atoms with Gasteiger partial charge in [0, 0.05) is 16.7 Å². The Hall–Kier alpha value is -4.67. The smallest absolute Gasteiger partial charge is 0.422 e. The molecular formula is C29H23F4N3O4. The molecule has 0 saturated heterocycles. The van der Waals surface area contributed by atoms with Crippen molar-refractivity contribution in [2.75, 3.05) is 5.32 Å². The maximum absolute atomic E-state index is 15.3. The number of alkyl halides is 3. The molecule has 5 rings (SSSR count). The molecule has 4 aromatic rings. The maximum Gasteiger partial charge on any atom is 0.422 e. The Morgan fingerprint density at radius 2 is 1.65 bits per heavy atom. The number of nitrogens with zero attached hydrogens (tertiary/aromatic N) is 1. The second-order valence-corrected chi connectivity index (χ2v) is 9.53. The largest absolute Gasteiger partial charge is 0.481 e. The summed E-state index contributed by atoms with van der Waals surface area (Å²) in [7, 11) is 0. The number of amides is 1. The van der Waals surface area contributed by atoms with Crippen LogP contribution in [-0.2, 0) is 21.1 Å². The number of carbonyl (C=O) groups is 2. The number of ether oxygens (including phenoxy) is 1. The van der Waals surface area contributed by atoms with E-state index in [4.69, 9.17) is 4.74 Å². The molecular weight excluding hydrogens is 530 g/mol. The van der Waals surface area contributed by atoms with Gasteiger partial charge in [0.1, 0.15) is 17.5 Å². The molecule has 3 N–H and O–H groups in total. The molecule has 1 aliphatic carbocycles. The van der Waals surface area contributed by atoms with Gasteiger partial charge in [-0.05, 0) is 30.9 Å². The second-order valence-electron chi connectivity index (χ2n) is 9.53. The summed E-state index contributed by atoms with van der Waals surface area (Å²) in [6.07, 6.45) is -6.05. The van der Waals surface area contributed by atoms with E-state index in [1.54, 1.807) is 43.3 Å². The molecule has 0 unspecified atom stereocenters. The van der Waals surface area contributed by atoms with E-state index in [1.165, 1.54) is 36.4 Å². The molecule has 0 spiro atoms. The van der Waals surface area contributed by atoms with Crippen molar-refractivity contribution in [3.05, 3.63) is 95.3 Å². The van der Waals surface area contributed by atoms with Crippen LogP contribution >= 0.6 is 0 Å². The lowest BCUT2D eigenvalue weighted by molar-refractivity contribution is -0.140. The third-order valence-corrected chi connectivity index (χ3v) is 6.98. The molecule has 11 heteroatoms. The summed E-state index contributed by atoms with van der Waals surface area (Å²) in [6, 6.07) is 18.7. The Bertz CT molecular complexity index is 1560. The van der Waals surface area contributed by atoms with Crippen LogP contribution < -0.4 is 5.32 Å². The monoisotopic (exact) mass is 553 g/mol. The number of aromatic nitrogens is 2. The highest BCUT2D eigenvalue weighted by Crippen LogP contribution is 2.50. The molecule has 7 nitrogen and oxygen atoms in total. The van der Waals surface area contributed by atoms with Crippen molar-refractivity contribution in [1.29, 1.82) is 0 Å². The summed E-state index contributed by atoms with van der Waals surface area (Å²) in [6.45, 7) is 1.59. The number of nitrogens with one attached hydrogen (secondary N) is 2. The lowest BCUT2D eigenvalue weighted by atomic mass is 9.91. The number of aliphatic carboxylic acids is 1. The fraction of sp³-hybridized carbons (Fsp3) is 0.207. The lowest BCUT2D eigenvalue weighted by Gasteiger charge is -2.15. The quantitative estimate of drug-likeness (QED) is 0.208. The lowest BCUT2D eigenvalue weighted by Crippen LogP contribution is -2.21. The Kier molecular flexibility index (Phi) is 6.82. The highest BCUT2D eigenvalue weighted by molar-refractivity contribution is 5.87. The molecule has 1 heterocycles. The van der Waals surface area contributed by atoms with Crippen LogP contribution in [0.25, 0.3) is 22.4 Å². The van der Waals surface area contributed by atoms with Crippen LogP contribution in [0.15, 0.2) is 72.8 Å². The molecule has 0 aliphatic heterocycles. The van der Waals surface area contributed by atoms with Crippen molar-refractivity contribution in [3.63, 3.8) is 0 Å². The van der Waals surface area contributed by atoms with Gasteiger partial charge in [0.05, 0.1) is 11.1 Å². The molecule has 0 radical (unpaired) electrons. The predicted molar refractivity (Wildman–Crippen MR) is 138 cm³/mol. The summed E-state index contributed by atoms with van der Waals surface area (Å²) in [5.74, 6) is -2.53. The summed E-state index contributed by atoms with van der Waals surface area (Å²) >= 11 is 0. The zero-order valence-electron chi connectivity index (χ0n) is 21.1. The number of rotatable bonds is 7. The molecule has 3 aromatic carbocycles. The Morgan fingerprint density at radius 1 is 1.00 bits per heavy atom. The van der Waals surface area contributed by atoms with E-state index < -0.39 is 52.7 Å². The summed E-state index contributed by atoms with van der Waals surface area (Å²) in [5.41, 5.74) is -1.53. The number of carbonyl (C=O) groups excluding carboxylic acids is 1. The molecule has 1 aliphatic rings. The number of hydrogen-bond donors (Lipinski definition) is 3.